The molecule has 7 heteroatoms. The molecule has 0 spiro atoms. The molecule has 1 N–H and O–H groups in total. The molecule has 1 aliphatic rings. The second-order valence-corrected chi connectivity index (χ2v) is 8.26. The average molecular weight is 408 g/mol. The van der Waals surface area contributed by atoms with E-state index in [2.05, 4.69) is 10.3 Å². The van der Waals surface area contributed by atoms with E-state index < -0.39 is 17.5 Å². The zero-order chi connectivity index (χ0) is 20.6. The topological polar surface area (TPSA) is 77.5 Å². The highest BCUT2D eigenvalue weighted by Gasteiger charge is 2.43. The molecule has 1 amide bonds. The number of methoxy groups -OCH3 is 1. The number of rotatable bonds is 4. The summed E-state index contributed by atoms with van der Waals surface area (Å²) in [6.07, 6.45) is 0.316. The van der Waals surface area contributed by atoms with Crippen LogP contribution < -0.4 is 10.1 Å². The lowest BCUT2D eigenvalue weighted by atomic mass is 9.89. The Balaban J connectivity index is 1.55. The van der Waals surface area contributed by atoms with Gasteiger partial charge in [0.2, 0.25) is 0 Å². The molecule has 2 heterocycles. The number of fused-ring (bicyclic) bond motifs is 1. The van der Waals surface area contributed by atoms with Crippen molar-refractivity contribution in [1.82, 2.24) is 4.98 Å². The zero-order valence-electron chi connectivity index (χ0n) is 16.3. The van der Waals surface area contributed by atoms with E-state index in [1.54, 1.807) is 26.2 Å². The second kappa shape index (κ2) is 7.33. The van der Waals surface area contributed by atoms with Crippen LogP contribution in [0.5, 0.6) is 5.75 Å². The summed E-state index contributed by atoms with van der Waals surface area (Å²) in [5, 5.41) is 3.29. The molecular formula is C22H20N2O4S. The van der Waals surface area contributed by atoms with Gasteiger partial charge >= 0.3 is 5.97 Å². The van der Waals surface area contributed by atoms with Crippen molar-refractivity contribution in [2.75, 3.05) is 12.4 Å². The Morgan fingerprint density at radius 3 is 2.66 bits per heavy atom. The number of benzene rings is 2. The quantitative estimate of drug-likeness (QED) is 0.654. The molecular weight excluding hydrogens is 388 g/mol. The number of hydrogen-bond acceptors (Lipinski definition) is 6. The molecule has 0 saturated heterocycles. The van der Waals surface area contributed by atoms with Gasteiger partial charge in [-0.1, -0.05) is 18.2 Å². The maximum Gasteiger partial charge on any atom is 0.339 e. The molecule has 0 radical (unpaired) electrons. The van der Waals surface area contributed by atoms with E-state index in [-0.39, 0.29) is 0 Å². The van der Waals surface area contributed by atoms with Crippen LogP contribution >= 0.6 is 11.3 Å². The fraction of sp³-hybridized carbons (Fsp3) is 0.227. The van der Waals surface area contributed by atoms with Gasteiger partial charge in [-0.15, -0.1) is 11.3 Å². The van der Waals surface area contributed by atoms with Crippen LogP contribution in [0.15, 0.2) is 48.5 Å². The molecule has 148 valence electrons. The first kappa shape index (κ1) is 19.1. The minimum Gasteiger partial charge on any atom is -0.497 e. The van der Waals surface area contributed by atoms with Crippen molar-refractivity contribution in [2.24, 2.45) is 0 Å². The van der Waals surface area contributed by atoms with E-state index in [1.807, 2.05) is 43.3 Å². The van der Waals surface area contributed by atoms with Crippen LogP contribution in [0.25, 0.3) is 11.3 Å². The van der Waals surface area contributed by atoms with E-state index in [4.69, 9.17) is 9.47 Å². The van der Waals surface area contributed by atoms with Gasteiger partial charge in [0.05, 0.1) is 18.4 Å². The summed E-state index contributed by atoms with van der Waals surface area (Å²) in [5.41, 5.74) is 1.75. The van der Waals surface area contributed by atoms with Crippen molar-refractivity contribution in [1.29, 1.82) is 0 Å². The average Bonchev–Trinajstić information content (AvgIpc) is 3.08. The van der Waals surface area contributed by atoms with Crippen molar-refractivity contribution in [3.63, 3.8) is 0 Å². The fourth-order valence-corrected chi connectivity index (χ4v) is 4.19. The molecule has 0 saturated carbocycles. The van der Waals surface area contributed by atoms with E-state index >= 15 is 0 Å². The van der Waals surface area contributed by atoms with Gasteiger partial charge < -0.3 is 9.47 Å². The predicted molar refractivity (Wildman–Crippen MR) is 111 cm³/mol. The van der Waals surface area contributed by atoms with Crippen LogP contribution in [-0.4, -0.2) is 29.6 Å². The van der Waals surface area contributed by atoms with E-state index in [1.165, 1.54) is 11.3 Å². The molecule has 0 unspecified atom stereocenters. The summed E-state index contributed by atoms with van der Waals surface area (Å²) < 4.78 is 10.7. The minimum absolute atomic E-state index is 0.316. The second-order valence-electron chi connectivity index (χ2n) is 7.06. The third-order valence-electron chi connectivity index (χ3n) is 4.94. The highest BCUT2D eigenvalue weighted by Crippen LogP contribution is 2.33. The van der Waals surface area contributed by atoms with Crippen molar-refractivity contribution in [3.05, 3.63) is 64.5 Å². The first-order chi connectivity index (χ1) is 13.9. The number of anilines is 1. The third kappa shape index (κ3) is 3.61. The lowest BCUT2D eigenvalue weighted by molar-refractivity contribution is -0.134. The Hall–Kier alpha value is -3.19. The number of thiazole rings is 1. The molecule has 1 aromatic heterocycles. The number of esters is 1. The van der Waals surface area contributed by atoms with Crippen LogP contribution in [-0.2, 0) is 16.0 Å². The number of hydrogen-bond donors (Lipinski definition) is 1. The number of aryl methyl sites for hydroxylation is 1. The zero-order valence-corrected chi connectivity index (χ0v) is 17.1. The number of carbonyl (C=O) groups excluding carboxylic acids is 2. The molecule has 2 aromatic carbocycles. The van der Waals surface area contributed by atoms with Crippen molar-refractivity contribution in [2.45, 2.75) is 25.9 Å². The summed E-state index contributed by atoms with van der Waals surface area (Å²) in [5.74, 6) is -0.114. The summed E-state index contributed by atoms with van der Waals surface area (Å²) in [6, 6.07) is 14.8. The molecule has 1 aliphatic heterocycles. The monoisotopic (exact) mass is 408 g/mol. The smallest absolute Gasteiger partial charge is 0.339 e. The van der Waals surface area contributed by atoms with Gasteiger partial charge in [-0.05, 0) is 49.7 Å². The number of amides is 1. The Kier molecular flexibility index (Phi) is 4.84. The molecule has 0 aliphatic carbocycles. The van der Waals surface area contributed by atoms with E-state index in [0.717, 1.165) is 27.4 Å². The first-order valence-electron chi connectivity index (χ1n) is 9.14. The standard InChI is InChI=1S/C22H20N2O4S/c1-13-18(14-8-10-16(27-3)11-9-14)23-21(29-13)24-20(26)22(2)12-15-6-4-5-7-17(15)19(25)28-22/h4-11H,12H2,1-3H3,(H,23,24,26)/t22-/m1/s1. The molecule has 29 heavy (non-hydrogen) atoms. The van der Waals surface area contributed by atoms with Crippen molar-refractivity contribution < 1.29 is 19.1 Å². The van der Waals surface area contributed by atoms with Gasteiger partial charge in [0.25, 0.3) is 5.91 Å². The number of nitrogens with zero attached hydrogens (tertiary/aromatic N) is 1. The highest BCUT2D eigenvalue weighted by molar-refractivity contribution is 7.16. The van der Waals surface area contributed by atoms with Crippen LogP contribution in [0.1, 0.15) is 27.7 Å². The Bertz CT molecular complexity index is 1090. The Labute approximate surface area is 172 Å². The van der Waals surface area contributed by atoms with Gasteiger partial charge in [-0.25, -0.2) is 9.78 Å². The fourth-order valence-electron chi connectivity index (χ4n) is 3.36. The van der Waals surface area contributed by atoms with Crippen LogP contribution in [0.3, 0.4) is 0 Å². The molecule has 6 nitrogen and oxygen atoms in total. The molecule has 3 aromatic rings. The third-order valence-corrected chi connectivity index (χ3v) is 5.83. The van der Waals surface area contributed by atoms with E-state index in [0.29, 0.717) is 17.1 Å². The predicted octanol–water partition coefficient (Wildman–Crippen LogP) is 4.24. The lowest BCUT2D eigenvalue weighted by Crippen LogP contribution is -2.48. The number of cyclic esters (lactones) is 1. The number of carbonyl (C=O) groups is 2. The summed E-state index contributed by atoms with van der Waals surface area (Å²) in [6.45, 7) is 3.58. The number of ether oxygens (including phenoxy) is 2. The van der Waals surface area contributed by atoms with Crippen molar-refractivity contribution >= 4 is 28.3 Å². The maximum atomic E-state index is 12.9. The van der Waals surface area contributed by atoms with Crippen molar-refractivity contribution in [3.8, 4) is 17.0 Å². The summed E-state index contributed by atoms with van der Waals surface area (Å²) in [4.78, 5) is 30.8. The SMILES string of the molecule is COc1ccc(-c2nc(NC(=O)[C@@]3(C)Cc4ccccc4C(=O)O3)sc2C)cc1. The van der Waals surface area contributed by atoms with Crippen LogP contribution in [0.2, 0.25) is 0 Å². The normalized spacial score (nSPS) is 18.0. The van der Waals surface area contributed by atoms with E-state index in [9.17, 15) is 9.59 Å². The Morgan fingerprint density at radius 1 is 1.21 bits per heavy atom. The lowest BCUT2D eigenvalue weighted by Gasteiger charge is -2.32. The molecule has 0 fully saturated rings. The highest BCUT2D eigenvalue weighted by atomic mass is 32.1. The number of aromatic nitrogens is 1. The summed E-state index contributed by atoms with van der Waals surface area (Å²) in [7, 11) is 1.62. The summed E-state index contributed by atoms with van der Waals surface area (Å²) >= 11 is 1.38. The minimum atomic E-state index is -1.29. The van der Waals surface area contributed by atoms with Crippen LogP contribution in [0.4, 0.5) is 5.13 Å². The molecule has 0 bridgehead atoms. The van der Waals surface area contributed by atoms with Gasteiger partial charge in [-0.3, -0.25) is 10.1 Å². The van der Waals surface area contributed by atoms with Crippen LogP contribution in [0, 0.1) is 6.92 Å². The van der Waals surface area contributed by atoms with Gasteiger partial charge in [0.15, 0.2) is 10.7 Å². The number of nitrogens with one attached hydrogen (secondary N) is 1. The van der Waals surface area contributed by atoms with Gasteiger partial charge in [-0.2, -0.15) is 0 Å². The largest absolute Gasteiger partial charge is 0.497 e. The Morgan fingerprint density at radius 2 is 1.93 bits per heavy atom. The molecule has 1 atom stereocenters. The molecule has 4 rings (SSSR count). The van der Waals surface area contributed by atoms with Gasteiger partial charge in [0.1, 0.15) is 5.75 Å². The maximum absolute atomic E-state index is 12.9. The first-order valence-corrected chi connectivity index (χ1v) is 9.96. The van der Waals surface area contributed by atoms with Gasteiger partial charge in [0, 0.05) is 16.9 Å².